The maximum absolute atomic E-state index is 12.2. The number of rotatable bonds is 3. The first-order chi connectivity index (χ1) is 12.6. The van der Waals surface area contributed by atoms with Crippen molar-refractivity contribution in [2.45, 2.75) is 63.8 Å². The molecule has 0 unspecified atom stereocenters. The summed E-state index contributed by atoms with van der Waals surface area (Å²) in [7, 11) is 0. The maximum Gasteiger partial charge on any atom is 0.319 e. The molecular weight excluding hydrogens is 332 g/mol. The lowest BCUT2D eigenvalue weighted by Gasteiger charge is -2.31. The molecule has 6 nitrogen and oxygen atoms in total. The molecule has 2 atom stereocenters. The van der Waals surface area contributed by atoms with Gasteiger partial charge in [-0.2, -0.15) is 0 Å². The topological polar surface area (TPSA) is 68.8 Å². The van der Waals surface area contributed by atoms with Gasteiger partial charge in [-0.25, -0.2) is 4.79 Å². The summed E-state index contributed by atoms with van der Waals surface area (Å²) in [4.78, 5) is 12.2. The van der Waals surface area contributed by atoms with Gasteiger partial charge in [-0.15, -0.1) is 0 Å². The van der Waals surface area contributed by atoms with Crippen LogP contribution in [0.3, 0.4) is 0 Å². The summed E-state index contributed by atoms with van der Waals surface area (Å²) >= 11 is 0. The van der Waals surface area contributed by atoms with E-state index in [0.29, 0.717) is 12.5 Å². The lowest BCUT2D eigenvalue weighted by Crippen LogP contribution is -2.40. The second-order valence-electron chi connectivity index (χ2n) is 7.74. The first-order valence-electron chi connectivity index (χ1n) is 9.80. The highest BCUT2D eigenvalue weighted by molar-refractivity contribution is 5.89. The first-order valence-corrected chi connectivity index (χ1v) is 9.80. The maximum atomic E-state index is 12.2. The van der Waals surface area contributed by atoms with Gasteiger partial charge >= 0.3 is 6.03 Å². The fourth-order valence-electron chi connectivity index (χ4n) is 4.16. The van der Waals surface area contributed by atoms with Crippen LogP contribution >= 0.6 is 0 Å². The predicted molar refractivity (Wildman–Crippen MR) is 98.7 cm³/mol. The Kier molecular flexibility index (Phi) is 4.94. The van der Waals surface area contributed by atoms with Gasteiger partial charge in [0.25, 0.3) is 5.79 Å². The van der Waals surface area contributed by atoms with E-state index in [1.165, 1.54) is 6.42 Å². The lowest BCUT2D eigenvalue weighted by molar-refractivity contribution is -0.105. The van der Waals surface area contributed by atoms with Crippen molar-refractivity contribution in [3.63, 3.8) is 0 Å². The molecule has 3 aliphatic rings. The van der Waals surface area contributed by atoms with Gasteiger partial charge in [0.05, 0.1) is 6.10 Å². The minimum atomic E-state index is -0.485. The van der Waals surface area contributed by atoms with Gasteiger partial charge in [0, 0.05) is 37.7 Å². The zero-order valence-electron chi connectivity index (χ0n) is 15.4. The summed E-state index contributed by atoms with van der Waals surface area (Å²) in [6.07, 6.45) is 7.62. The quantitative estimate of drug-likeness (QED) is 0.853. The average molecular weight is 360 g/mol. The van der Waals surface area contributed by atoms with Crippen LogP contribution < -0.4 is 20.1 Å². The van der Waals surface area contributed by atoms with Crippen molar-refractivity contribution in [3.05, 3.63) is 18.2 Å². The highest BCUT2D eigenvalue weighted by Crippen LogP contribution is 2.46. The van der Waals surface area contributed by atoms with E-state index >= 15 is 0 Å². The highest BCUT2D eigenvalue weighted by atomic mass is 16.7. The fraction of sp³-hybridized carbons (Fsp3) is 0.650. The third-order valence-electron chi connectivity index (χ3n) is 5.55. The van der Waals surface area contributed by atoms with Crippen LogP contribution in [0.4, 0.5) is 10.5 Å². The Morgan fingerprint density at radius 1 is 1.19 bits per heavy atom. The summed E-state index contributed by atoms with van der Waals surface area (Å²) in [6, 6.07) is 5.42. The van der Waals surface area contributed by atoms with Crippen LogP contribution in [0.5, 0.6) is 11.5 Å². The normalized spacial score (nSPS) is 26.5. The Labute approximate surface area is 154 Å². The summed E-state index contributed by atoms with van der Waals surface area (Å²) < 4.78 is 17.7. The van der Waals surface area contributed by atoms with Gasteiger partial charge in [0.15, 0.2) is 11.5 Å². The molecule has 2 fully saturated rings. The predicted octanol–water partition coefficient (Wildman–Crippen LogP) is 4.05. The smallest absolute Gasteiger partial charge is 0.319 e. The van der Waals surface area contributed by atoms with Gasteiger partial charge in [-0.3, -0.25) is 0 Å². The van der Waals surface area contributed by atoms with Gasteiger partial charge in [0.1, 0.15) is 0 Å². The number of amides is 2. The van der Waals surface area contributed by atoms with E-state index in [1.54, 1.807) is 0 Å². The zero-order chi connectivity index (χ0) is 18.0. The van der Waals surface area contributed by atoms with Crippen molar-refractivity contribution in [1.29, 1.82) is 0 Å². The molecule has 6 heteroatoms. The molecule has 1 aromatic carbocycles. The molecule has 4 rings (SSSR count). The fourth-order valence-corrected chi connectivity index (χ4v) is 4.16. The van der Waals surface area contributed by atoms with E-state index in [4.69, 9.17) is 14.2 Å². The molecule has 26 heavy (non-hydrogen) atoms. The lowest BCUT2D eigenvalue weighted by atomic mass is 9.94. The number of benzene rings is 1. The zero-order valence-corrected chi connectivity index (χ0v) is 15.4. The van der Waals surface area contributed by atoms with Crippen molar-refractivity contribution in [2.75, 3.05) is 18.5 Å². The summed E-state index contributed by atoms with van der Waals surface area (Å²) in [5, 5.41) is 5.87. The van der Waals surface area contributed by atoms with Gasteiger partial charge < -0.3 is 24.8 Å². The average Bonchev–Trinajstić information content (AvgIpc) is 2.97. The molecule has 1 spiro atoms. The van der Waals surface area contributed by atoms with Gasteiger partial charge in [-0.1, -0.05) is 6.42 Å². The molecule has 2 heterocycles. The number of ether oxygens (including phenoxy) is 3. The summed E-state index contributed by atoms with van der Waals surface area (Å²) in [5.41, 5.74) is 0.720. The number of hydrogen-bond donors (Lipinski definition) is 2. The van der Waals surface area contributed by atoms with Crippen molar-refractivity contribution in [2.24, 2.45) is 5.92 Å². The Morgan fingerprint density at radius 3 is 2.81 bits per heavy atom. The first kappa shape index (κ1) is 17.5. The number of nitrogens with one attached hydrogen (secondary N) is 2. The van der Waals surface area contributed by atoms with E-state index < -0.39 is 5.79 Å². The van der Waals surface area contributed by atoms with Crippen molar-refractivity contribution >= 4 is 11.7 Å². The molecule has 142 valence electrons. The minimum Gasteiger partial charge on any atom is -0.448 e. The van der Waals surface area contributed by atoms with Crippen LogP contribution in [-0.2, 0) is 4.74 Å². The largest absolute Gasteiger partial charge is 0.448 e. The second-order valence-corrected chi connectivity index (χ2v) is 7.74. The molecule has 0 aromatic heterocycles. The van der Waals surface area contributed by atoms with E-state index in [-0.39, 0.29) is 12.1 Å². The Morgan fingerprint density at radius 2 is 2.00 bits per heavy atom. The Balaban J connectivity index is 1.31. The third-order valence-corrected chi connectivity index (χ3v) is 5.55. The molecule has 0 bridgehead atoms. The standard InChI is InChI=1S/C20H28N2O4/c1-14-11-15(7-10-24-14)13-21-19(23)22-16-5-6-17-18(12-16)26-20(25-17)8-3-2-4-9-20/h5-6,12,14-15H,2-4,7-11,13H2,1H3,(H2,21,22,23)/t14-,15+/m0/s1. The molecule has 1 saturated heterocycles. The Hall–Kier alpha value is -1.95. The third kappa shape index (κ3) is 3.90. The second kappa shape index (κ2) is 7.35. The number of hydrogen-bond acceptors (Lipinski definition) is 4. The van der Waals surface area contributed by atoms with Gasteiger partial charge in [-0.05, 0) is 50.7 Å². The number of anilines is 1. The Bertz CT molecular complexity index is 657. The van der Waals surface area contributed by atoms with Crippen LogP contribution in [0.25, 0.3) is 0 Å². The summed E-state index contributed by atoms with van der Waals surface area (Å²) in [5.74, 6) is 1.49. The van der Waals surface area contributed by atoms with Crippen LogP contribution in [0, 0.1) is 5.92 Å². The molecule has 2 amide bonds. The minimum absolute atomic E-state index is 0.185. The van der Waals surface area contributed by atoms with Crippen LogP contribution in [-0.4, -0.2) is 31.1 Å². The van der Waals surface area contributed by atoms with E-state index in [1.807, 2.05) is 18.2 Å². The molecule has 2 N–H and O–H groups in total. The highest BCUT2D eigenvalue weighted by Gasteiger charge is 2.42. The number of fused-ring (bicyclic) bond motifs is 1. The van der Waals surface area contributed by atoms with Gasteiger partial charge in [0.2, 0.25) is 0 Å². The number of carbonyl (C=O) groups is 1. The van der Waals surface area contributed by atoms with Crippen LogP contribution in [0.1, 0.15) is 51.9 Å². The van der Waals surface area contributed by atoms with E-state index in [2.05, 4.69) is 17.6 Å². The van der Waals surface area contributed by atoms with Crippen molar-refractivity contribution < 1.29 is 19.0 Å². The SMILES string of the molecule is C[C@H]1C[C@H](CNC(=O)Nc2ccc3c(c2)OC2(CCCCC2)O3)CCO1. The van der Waals surface area contributed by atoms with Crippen molar-refractivity contribution in [3.8, 4) is 11.5 Å². The number of urea groups is 1. The summed E-state index contributed by atoms with van der Waals surface area (Å²) in [6.45, 7) is 3.53. The van der Waals surface area contributed by atoms with Crippen LogP contribution in [0.2, 0.25) is 0 Å². The van der Waals surface area contributed by atoms with E-state index in [9.17, 15) is 4.79 Å². The molecule has 1 aromatic rings. The molecular formula is C20H28N2O4. The molecule has 2 aliphatic heterocycles. The van der Waals surface area contributed by atoms with Crippen molar-refractivity contribution in [1.82, 2.24) is 5.32 Å². The van der Waals surface area contributed by atoms with Crippen LogP contribution in [0.15, 0.2) is 18.2 Å². The number of carbonyl (C=O) groups excluding carboxylic acids is 1. The monoisotopic (exact) mass is 360 g/mol. The molecule has 0 radical (unpaired) electrons. The van der Waals surface area contributed by atoms with E-state index in [0.717, 1.165) is 62.3 Å². The molecule has 1 saturated carbocycles. The molecule has 1 aliphatic carbocycles.